The van der Waals surface area contributed by atoms with Crippen LogP contribution in [0.4, 0.5) is 5.69 Å². The van der Waals surface area contributed by atoms with Gasteiger partial charge in [0, 0.05) is 35.4 Å². The zero-order valence-electron chi connectivity index (χ0n) is 23.7. The predicted molar refractivity (Wildman–Crippen MR) is 144 cm³/mol. The first kappa shape index (κ1) is 26.1. The standard InChI is InChI=1S/C31H43NO5/c1-17(2)20-16-31-13-10-23-29(4,11-9-12-30(23,5)28(34)37-8)24(31)14-19(20)25-22(35-6)15-21(32-18(3)33)27(36-7)26(25)31/h15-17,19,23-24H,9-14H2,1-8H3,(H,32,33)/t19-,23+,24+,29-,30+,31-/m0/s1. The lowest BCUT2D eigenvalue weighted by atomic mass is 9.37. The van der Waals surface area contributed by atoms with Crippen molar-refractivity contribution in [3.63, 3.8) is 0 Å². The number of benzene rings is 1. The fourth-order valence-electron chi connectivity index (χ4n) is 9.37. The van der Waals surface area contributed by atoms with Crippen molar-refractivity contribution in [2.45, 2.75) is 84.5 Å². The first-order chi connectivity index (χ1) is 17.5. The highest BCUT2D eigenvalue weighted by Crippen LogP contribution is 2.73. The van der Waals surface area contributed by atoms with Gasteiger partial charge in [-0.15, -0.1) is 0 Å². The molecule has 6 atom stereocenters. The maximum absolute atomic E-state index is 13.2. The number of methoxy groups -OCH3 is 3. The summed E-state index contributed by atoms with van der Waals surface area (Å²) >= 11 is 0. The van der Waals surface area contributed by atoms with E-state index in [1.165, 1.54) is 30.7 Å². The number of nitrogens with one attached hydrogen (secondary N) is 1. The van der Waals surface area contributed by atoms with Crippen molar-refractivity contribution in [3.8, 4) is 11.5 Å². The molecule has 37 heavy (non-hydrogen) atoms. The summed E-state index contributed by atoms with van der Waals surface area (Å²) < 4.78 is 17.5. The van der Waals surface area contributed by atoms with Crippen LogP contribution in [0.2, 0.25) is 0 Å². The average Bonchev–Trinajstić information content (AvgIpc) is 2.86. The van der Waals surface area contributed by atoms with Crippen LogP contribution in [0.1, 0.15) is 90.2 Å². The second-order valence-electron chi connectivity index (χ2n) is 12.7. The van der Waals surface area contributed by atoms with Gasteiger partial charge in [0.15, 0.2) is 0 Å². The van der Waals surface area contributed by atoms with Gasteiger partial charge in [-0.1, -0.05) is 38.8 Å². The smallest absolute Gasteiger partial charge is 0.311 e. The molecule has 1 spiro atoms. The van der Waals surface area contributed by atoms with Crippen LogP contribution in [-0.2, 0) is 19.7 Å². The molecule has 6 rings (SSSR count). The Labute approximate surface area is 221 Å². The predicted octanol–water partition coefficient (Wildman–Crippen LogP) is 6.38. The lowest BCUT2D eigenvalue weighted by Crippen LogP contribution is -2.62. The van der Waals surface area contributed by atoms with E-state index in [-0.39, 0.29) is 34.5 Å². The summed E-state index contributed by atoms with van der Waals surface area (Å²) in [5.74, 6) is 2.64. The Morgan fingerprint density at radius 2 is 1.78 bits per heavy atom. The highest BCUT2D eigenvalue weighted by Gasteiger charge is 2.67. The molecule has 0 unspecified atom stereocenters. The fraction of sp³-hybridized carbons (Fsp3) is 0.677. The van der Waals surface area contributed by atoms with Gasteiger partial charge in [0.05, 0.1) is 32.4 Å². The number of rotatable bonds is 5. The Kier molecular flexibility index (Phi) is 6.20. The van der Waals surface area contributed by atoms with Gasteiger partial charge in [-0.3, -0.25) is 9.59 Å². The Balaban J connectivity index is 1.77. The van der Waals surface area contributed by atoms with E-state index < -0.39 is 5.41 Å². The molecule has 0 heterocycles. The third kappa shape index (κ3) is 3.43. The second-order valence-corrected chi connectivity index (χ2v) is 12.7. The number of carbonyl (C=O) groups is 2. The number of ether oxygens (including phenoxy) is 3. The molecule has 6 heteroatoms. The summed E-state index contributed by atoms with van der Waals surface area (Å²) in [7, 11) is 4.95. The number of allylic oxidation sites excluding steroid dienone is 2. The minimum Gasteiger partial charge on any atom is -0.496 e. The Hall–Kier alpha value is -2.50. The van der Waals surface area contributed by atoms with E-state index in [0.29, 0.717) is 17.5 Å². The van der Waals surface area contributed by atoms with E-state index in [1.807, 2.05) is 6.07 Å². The molecule has 1 aromatic rings. The number of amides is 1. The topological polar surface area (TPSA) is 73.9 Å². The van der Waals surface area contributed by atoms with Crippen LogP contribution < -0.4 is 14.8 Å². The number of hydrogen-bond acceptors (Lipinski definition) is 5. The van der Waals surface area contributed by atoms with Gasteiger partial charge in [-0.25, -0.2) is 0 Å². The summed E-state index contributed by atoms with van der Waals surface area (Å²) in [6.45, 7) is 10.7. The molecular weight excluding hydrogens is 466 g/mol. The van der Waals surface area contributed by atoms with E-state index in [2.05, 4.69) is 39.1 Å². The monoisotopic (exact) mass is 509 g/mol. The van der Waals surface area contributed by atoms with Crippen LogP contribution >= 0.6 is 0 Å². The first-order valence-electron chi connectivity index (χ1n) is 13.9. The highest BCUT2D eigenvalue weighted by molar-refractivity contribution is 5.92. The number of fused-ring (bicyclic) bond motifs is 1. The van der Waals surface area contributed by atoms with E-state index in [1.54, 1.807) is 14.2 Å². The largest absolute Gasteiger partial charge is 0.496 e. The van der Waals surface area contributed by atoms with Crippen molar-refractivity contribution >= 4 is 17.6 Å². The van der Waals surface area contributed by atoms with E-state index in [9.17, 15) is 9.59 Å². The number of carbonyl (C=O) groups excluding carboxylic acids is 2. The van der Waals surface area contributed by atoms with Crippen molar-refractivity contribution < 1.29 is 23.8 Å². The Morgan fingerprint density at radius 3 is 2.38 bits per heavy atom. The molecule has 0 aromatic heterocycles. The molecule has 5 aliphatic carbocycles. The van der Waals surface area contributed by atoms with E-state index in [0.717, 1.165) is 50.0 Å². The molecule has 2 bridgehead atoms. The molecule has 6 nitrogen and oxygen atoms in total. The van der Waals surface area contributed by atoms with Gasteiger partial charge in [-0.05, 0) is 62.2 Å². The van der Waals surface area contributed by atoms with Crippen molar-refractivity contribution in [1.29, 1.82) is 0 Å². The zero-order valence-corrected chi connectivity index (χ0v) is 23.7. The van der Waals surface area contributed by atoms with Crippen LogP contribution in [0.3, 0.4) is 0 Å². The molecule has 0 radical (unpaired) electrons. The summed E-state index contributed by atoms with van der Waals surface area (Å²) in [5.41, 5.74) is 3.84. The minimum absolute atomic E-state index is 0.0172. The lowest BCUT2D eigenvalue weighted by molar-refractivity contribution is -0.175. The minimum atomic E-state index is -0.465. The van der Waals surface area contributed by atoms with Crippen molar-refractivity contribution in [2.75, 3.05) is 26.6 Å². The summed E-state index contributed by atoms with van der Waals surface area (Å²) in [6.07, 6.45) is 8.51. The quantitative estimate of drug-likeness (QED) is 0.368. The maximum atomic E-state index is 13.2. The summed E-state index contributed by atoms with van der Waals surface area (Å²) in [4.78, 5) is 25.3. The molecule has 1 N–H and O–H groups in total. The molecule has 202 valence electrons. The Bertz CT molecular complexity index is 1170. The molecule has 0 saturated heterocycles. The van der Waals surface area contributed by atoms with Gasteiger partial charge in [0.2, 0.25) is 5.91 Å². The molecule has 1 aromatic carbocycles. The second kappa shape index (κ2) is 8.78. The van der Waals surface area contributed by atoms with Crippen molar-refractivity contribution in [1.82, 2.24) is 0 Å². The van der Waals surface area contributed by atoms with E-state index >= 15 is 0 Å². The first-order valence-corrected chi connectivity index (χ1v) is 13.9. The van der Waals surface area contributed by atoms with Gasteiger partial charge < -0.3 is 19.5 Å². The Morgan fingerprint density at radius 1 is 1.05 bits per heavy atom. The van der Waals surface area contributed by atoms with Crippen LogP contribution in [0.15, 0.2) is 17.7 Å². The molecule has 2 fully saturated rings. The third-order valence-corrected chi connectivity index (χ3v) is 10.7. The van der Waals surface area contributed by atoms with Crippen LogP contribution in [-0.4, -0.2) is 33.2 Å². The van der Waals surface area contributed by atoms with Gasteiger partial charge in [0.1, 0.15) is 11.5 Å². The number of anilines is 1. The molecule has 2 saturated carbocycles. The van der Waals surface area contributed by atoms with Crippen molar-refractivity contribution in [3.05, 3.63) is 28.8 Å². The average molecular weight is 510 g/mol. The summed E-state index contributed by atoms with van der Waals surface area (Å²) in [6, 6.07) is 1.94. The van der Waals surface area contributed by atoms with Gasteiger partial charge in [0.25, 0.3) is 0 Å². The molecular formula is C31H43NO5. The third-order valence-electron chi connectivity index (χ3n) is 10.7. The molecule has 0 aliphatic heterocycles. The van der Waals surface area contributed by atoms with Crippen molar-refractivity contribution in [2.24, 2.45) is 28.6 Å². The summed E-state index contributed by atoms with van der Waals surface area (Å²) in [5, 5.41) is 3.01. The van der Waals surface area contributed by atoms with Gasteiger partial charge >= 0.3 is 5.97 Å². The highest BCUT2D eigenvalue weighted by atomic mass is 16.5. The maximum Gasteiger partial charge on any atom is 0.311 e. The fourth-order valence-corrected chi connectivity index (χ4v) is 9.37. The number of hydrogen-bond donors (Lipinski definition) is 1. The zero-order chi connectivity index (χ0) is 26.9. The van der Waals surface area contributed by atoms with Crippen LogP contribution in [0, 0.1) is 28.6 Å². The SMILES string of the molecule is COC(=O)[C@]1(C)CCC[C@@]2(C)[C@H]1CC[C@]13C=C(C(C)C)[C@H](C[C@H]21)c1c(OC)cc(NC(C)=O)c(OC)c13. The van der Waals surface area contributed by atoms with Crippen LogP contribution in [0.25, 0.3) is 0 Å². The number of esters is 1. The lowest BCUT2D eigenvalue weighted by Gasteiger charge is -2.66. The van der Waals surface area contributed by atoms with Crippen LogP contribution in [0.5, 0.6) is 11.5 Å². The molecule has 5 aliphatic rings. The van der Waals surface area contributed by atoms with Gasteiger partial charge in [-0.2, -0.15) is 0 Å². The molecule has 1 amide bonds. The normalized spacial score (nSPS) is 35.6. The van der Waals surface area contributed by atoms with E-state index in [4.69, 9.17) is 14.2 Å².